The van der Waals surface area contributed by atoms with E-state index in [2.05, 4.69) is 52.0 Å². The number of rotatable bonds is 2. The molecule has 1 N–H and O–H groups in total. The maximum Gasteiger partial charge on any atom is 0.124 e. The third-order valence-corrected chi connectivity index (χ3v) is 4.18. The van der Waals surface area contributed by atoms with Crippen molar-refractivity contribution in [3.8, 4) is 0 Å². The van der Waals surface area contributed by atoms with Crippen LogP contribution < -0.4 is 0 Å². The van der Waals surface area contributed by atoms with Crippen LogP contribution in [0.4, 0.5) is 0 Å². The lowest BCUT2D eigenvalue weighted by Gasteiger charge is -2.59. The van der Waals surface area contributed by atoms with Crippen molar-refractivity contribution in [2.45, 2.75) is 39.4 Å². The summed E-state index contributed by atoms with van der Waals surface area (Å²) in [6.07, 6.45) is 0.181. The molecule has 88 valence electrons. The second-order valence-corrected chi connectivity index (χ2v) is 5.33. The van der Waals surface area contributed by atoms with E-state index in [1.54, 1.807) is 0 Å². The van der Waals surface area contributed by atoms with Gasteiger partial charge in [0.1, 0.15) is 5.60 Å². The van der Waals surface area contributed by atoms with Crippen LogP contribution in [0, 0.1) is 12.3 Å². The van der Waals surface area contributed by atoms with Gasteiger partial charge in [0, 0.05) is 5.41 Å². The lowest BCUT2D eigenvalue weighted by atomic mass is 9.63. The third kappa shape index (κ3) is 1.33. The molecule has 1 aliphatic heterocycles. The largest absolute Gasteiger partial charge is 0.393 e. The van der Waals surface area contributed by atoms with Crippen LogP contribution in [0.2, 0.25) is 0 Å². The van der Waals surface area contributed by atoms with Gasteiger partial charge in [-0.2, -0.15) is 0 Å². The first-order valence-corrected chi connectivity index (χ1v) is 5.80. The van der Waals surface area contributed by atoms with Gasteiger partial charge in [-0.05, 0) is 19.4 Å². The maximum absolute atomic E-state index is 9.69. The smallest absolute Gasteiger partial charge is 0.124 e. The van der Waals surface area contributed by atoms with E-state index in [4.69, 9.17) is 4.74 Å². The number of aliphatic hydroxyl groups excluding tert-OH is 1. The van der Waals surface area contributed by atoms with Gasteiger partial charge in [0.2, 0.25) is 0 Å². The highest BCUT2D eigenvalue weighted by Gasteiger charge is 2.60. The summed E-state index contributed by atoms with van der Waals surface area (Å²) in [5.74, 6) is 0. The summed E-state index contributed by atoms with van der Waals surface area (Å²) in [5.41, 5.74) is 1.74. The number of hydrogen-bond donors (Lipinski definition) is 1. The Bertz CT molecular complexity index is 380. The summed E-state index contributed by atoms with van der Waals surface area (Å²) in [6, 6.07) is 8.24. The molecule has 0 amide bonds. The predicted octanol–water partition coefficient (Wildman–Crippen LogP) is 2.63. The zero-order valence-corrected chi connectivity index (χ0v) is 10.4. The molecule has 2 rings (SSSR count). The minimum atomic E-state index is -0.528. The highest BCUT2D eigenvalue weighted by Crippen LogP contribution is 2.55. The lowest BCUT2D eigenvalue weighted by Crippen LogP contribution is -2.64. The van der Waals surface area contributed by atoms with Crippen molar-refractivity contribution < 1.29 is 9.84 Å². The van der Waals surface area contributed by atoms with Crippen molar-refractivity contribution in [2.24, 2.45) is 5.41 Å². The number of aryl methyl sites for hydroxylation is 1. The number of ether oxygens (including phenoxy) is 1. The number of benzene rings is 1. The quantitative estimate of drug-likeness (QED) is 0.830. The summed E-state index contributed by atoms with van der Waals surface area (Å²) in [4.78, 5) is 0. The fourth-order valence-electron chi connectivity index (χ4n) is 2.47. The molecule has 0 bridgehead atoms. The van der Waals surface area contributed by atoms with Gasteiger partial charge in [-0.15, -0.1) is 0 Å². The van der Waals surface area contributed by atoms with Crippen molar-refractivity contribution in [1.29, 1.82) is 0 Å². The average Bonchev–Trinajstić information content (AvgIpc) is 2.27. The molecule has 0 spiro atoms. The SMILES string of the molecule is Cc1ccc(C2(CO)OC(C)C2(C)C)cc1. The van der Waals surface area contributed by atoms with E-state index in [9.17, 15) is 5.11 Å². The predicted molar refractivity (Wildman–Crippen MR) is 64.3 cm³/mol. The molecule has 2 atom stereocenters. The van der Waals surface area contributed by atoms with E-state index in [1.807, 2.05) is 0 Å². The first kappa shape index (κ1) is 11.6. The van der Waals surface area contributed by atoms with E-state index < -0.39 is 5.60 Å². The fraction of sp³-hybridized carbons (Fsp3) is 0.571. The van der Waals surface area contributed by atoms with Crippen molar-refractivity contribution in [1.82, 2.24) is 0 Å². The van der Waals surface area contributed by atoms with Crippen LogP contribution in [0.5, 0.6) is 0 Å². The molecule has 1 aromatic rings. The zero-order chi connectivity index (χ0) is 12.0. The Morgan fingerprint density at radius 1 is 1.25 bits per heavy atom. The van der Waals surface area contributed by atoms with Crippen molar-refractivity contribution in [2.75, 3.05) is 6.61 Å². The normalized spacial score (nSPS) is 32.2. The first-order chi connectivity index (χ1) is 7.44. The Morgan fingerprint density at radius 2 is 1.81 bits per heavy atom. The molecule has 2 nitrogen and oxygen atoms in total. The number of hydrogen-bond acceptors (Lipinski definition) is 2. The Morgan fingerprint density at radius 3 is 2.19 bits per heavy atom. The fourth-order valence-corrected chi connectivity index (χ4v) is 2.47. The lowest BCUT2D eigenvalue weighted by molar-refractivity contribution is -0.322. The van der Waals surface area contributed by atoms with E-state index in [1.165, 1.54) is 5.56 Å². The Kier molecular flexibility index (Phi) is 2.59. The van der Waals surface area contributed by atoms with Gasteiger partial charge < -0.3 is 9.84 Å². The Labute approximate surface area is 97.3 Å². The summed E-state index contributed by atoms with van der Waals surface area (Å²) < 4.78 is 5.87. The van der Waals surface area contributed by atoms with Crippen molar-refractivity contribution >= 4 is 0 Å². The molecule has 16 heavy (non-hydrogen) atoms. The van der Waals surface area contributed by atoms with Gasteiger partial charge >= 0.3 is 0 Å². The van der Waals surface area contributed by atoms with Gasteiger partial charge in [-0.25, -0.2) is 0 Å². The van der Waals surface area contributed by atoms with Crippen LogP contribution in [0.3, 0.4) is 0 Å². The molecule has 2 unspecified atom stereocenters. The summed E-state index contributed by atoms with van der Waals surface area (Å²) >= 11 is 0. The summed E-state index contributed by atoms with van der Waals surface area (Å²) in [7, 11) is 0. The highest BCUT2D eigenvalue weighted by molar-refractivity contribution is 5.32. The minimum Gasteiger partial charge on any atom is -0.393 e. The molecule has 0 aromatic heterocycles. The molecule has 2 heteroatoms. The molecule has 1 aliphatic rings. The molecule has 0 radical (unpaired) electrons. The molecular weight excluding hydrogens is 200 g/mol. The summed E-state index contributed by atoms with van der Waals surface area (Å²) in [6.45, 7) is 8.45. The van der Waals surface area contributed by atoms with E-state index in [-0.39, 0.29) is 18.1 Å². The van der Waals surface area contributed by atoms with Crippen molar-refractivity contribution in [3.05, 3.63) is 35.4 Å². The average molecular weight is 220 g/mol. The van der Waals surface area contributed by atoms with Gasteiger partial charge in [0.25, 0.3) is 0 Å². The topological polar surface area (TPSA) is 29.5 Å². The molecule has 0 aliphatic carbocycles. The Hall–Kier alpha value is -0.860. The highest BCUT2D eigenvalue weighted by atomic mass is 16.6. The minimum absolute atomic E-state index is 0.0307. The van der Waals surface area contributed by atoms with Crippen LogP contribution in [0.1, 0.15) is 31.9 Å². The second kappa shape index (κ2) is 3.57. The van der Waals surface area contributed by atoms with Gasteiger partial charge in [0.15, 0.2) is 0 Å². The molecule has 1 aromatic carbocycles. The molecular formula is C14H20O2. The van der Waals surface area contributed by atoms with E-state index in [0.29, 0.717) is 0 Å². The molecule has 1 saturated heterocycles. The second-order valence-electron chi connectivity index (χ2n) is 5.33. The standard InChI is InChI=1S/C14H20O2/c1-10-5-7-12(8-6-10)14(9-15)13(3,4)11(2)16-14/h5-8,11,15H,9H2,1-4H3. The Balaban J connectivity index is 2.41. The van der Waals surface area contributed by atoms with Crippen LogP contribution >= 0.6 is 0 Å². The zero-order valence-electron chi connectivity index (χ0n) is 10.4. The van der Waals surface area contributed by atoms with Gasteiger partial charge in [-0.1, -0.05) is 43.7 Å². The first-order valence-electron chi connectivity index (χ1n) is 5.80. The molecule has 1 fully saturated rings. The monoisotopic (exact) mass is 220 g/mol. The van der Waals surface area contributed by atoms with E-state index in [0.717, 1.165) is 5.56 Å². The van der Waals surface area contributed by atoms with Crippen molar-refractivity contribution in [3.63, 3.8) is 0 Å². The maximum atomic E-state index is 9.69. The third-order valence-electron chi connectivity index (χ3n) is 4.18. The summed E-state index contributed by atoms with van der Waals surface area (Å²) in [5, 5.41) is 9.69. The molecule has 0 saturated carbocycles. The number of aliphatic hydroxyl groups is 1. The van der Waals surface area contributed by atoms with Gasteiger partial charge in [0.05, 0.1) is 12.7 Å². The molecule has 1 heterocycles. The van der Waals surface area contributed by atoms with Gasteiger partial charge in [-0.3, -0.25) is 0 Å². The van der Waals surface area contributed by atoms with Crippen LogP contribution in [0.15, 0.2) is 24.3 Å². The van der Waals surface area contributed by atoms with Crippen LogP contribution in [0.25, 0.3) is 0 Å². The van der Waals surface area contributed by atoms with E-state index >= 15 is 0 Å². The van der Waals surface area contributed by atoms with Crippen LogP contribution in [-0.4, -0.2) is 17.8 Å². The van der Waals surface area contributed by atoms with Crippen LogP contribution in [-0.2, 0) is 10.3 Å².